The fourth-order valence-electron chi connectivity index (χ4n) is 2.75. The lowest BCUT2D eigenvalue weighted by atomic mass is 10.1. The zero-order valence-corrected chi connectivity index (χ0v) is 16.2. The summed E-state index contributed by atoms with van der Waals surface area (Å²) in [6.45, 7) is 3.80. The lowest BCUT2D eigenvalue weighted by Crippen LogP contribution is -2.26. The Hall–Kier alpha value is -3.32. The molecule has 140 valence electrons. The lowest BCUT2D eigenvalue weighted by molar-refractivity contribution is 0.0932. The summed E-state index contributed by atoms with van der Waals surface area (Å²) in [7, 11) is 0. The van der Waals surface area contributed by atoms with Crippen molar-refractivity contribution in [2.24, 2.45) is 0 Å². The summed E-state index contributed by atoms with van der Waals surface area (Å²) in [5.41, 5.74) is 3.43. The molecule has 0 fully saturated rings. The second kappa shape index (κ2) is 7.74. The normalized spacial score (nSPS) is 11.9. The van der Waals surface area contributed by atoms with Crippen LogP contribution in [0, 0.1) is 6.92 Å². The molecule has 0 bridgehead atoms. The van der Waals surface area contributed by atoms with Crippen LogP contribution in [0.2, 0.25) is 0 Å². The summed E-state index contributed by atoms with van der Waals surface area (Å²) in [5.74, 6) is 0.658. The van der Waals surface area contributed by atoms with Gasteiger partial charge < -0.3 is 9.84 Å². The Kier molecular flexibility index (Phi) is 4.99. The van der Waals surface area contributed by atoms with E-state index < -0.39 is 6.04 Å². The third kappa shape index (κ3) is 3.84. The number of carbonyl (C=O) groups excluding carboxylic acids is 1. The number of benzene rings is 2. The Morgan fingerprint density at radius 1 is 1.04 bits per heavy atom. The Morgan fingerprint density at radius 2 is 1.75 bits per heavy atom. The molecule has 1 N–H and O–H groups in total. The zero-order valence-electron chi connectivity index (χ0n) is 15.4. The molecule has 2 aromatic heterocycles. The van der Waals surface area contributed by atoms with Crippen LogP contribution in [0.3, 0.4) is 0 Å². The second-order valence-electron chi connectivity index (χ2n) is 6.35. The lowest BCUT2D eigenvalue weighted by Gasteiger charge is -2.09. The smallest absolute Gasteiger partial charge is 0.251 e. The van der Waals surface area contributed by atoms with Crippen LogP contribution in [0.5, 0.6) is 0 Å². The van der Waals surface area contributed by atoms with Gasteiger partial charge in [0.15, 0.2) is 0 Å². The molecule has 0 aliphatic carbocycles. The Bertz CT molecular complexity index is 1090. The number of rotatable bonds is 5. The van der Waals surface area contributed by atoms with E-state index in [9.17, 15) is 4.79 Å². The van der Waals surface area contributed by atoms with Crippen LogP contribution in [0.25, 0.3) is 22.6 Å². The number of thiazole rings is 1. The van der Waals surface area contributed by atoms with Crippen LogP contribution in [0.1, 0.15) is 34.2 Å². The van der Waals surface area contributed by atoms with E-state index in [-0.39, 0.29) is 5.91 Å². The standard InChI is InChI=1S/C21H18N4O2S/c1-13(22-20(26)17-6-4-3-5-7-17)21-24-19(25-27-21)16-10-8-15(9-11-16)18-12-28-14(2)23-18/h3-13H,1-2H3,(H,22,26). The van der Waals surface area contributed by atoms with Gasteiger partial charge in [-0.05, 0) is 26.0 Å². The second-order valence-corrected chi connectivity index (χ2v) is 7.41. The summed E-state index contributed by atoms with van der Waals surface area (Å²) in [5, 5.41) is 9.98. The first-order chi connectivity index (χ1) is 13.6. The third-order valence-corrected chi connectivity index (χ3v) is 5.03. The van der Waals surface area contributed by atoms with Crippen molar-refractivity contribution in [1.82, 2.24) is 20.4 Å². The van der Waals surface area contributed by atoms with Gasteiger partial charge in [0.1, 0.15) is 6.04 Å². The predicted octanol–water partition coefficient (Wildman–Crippen LogP) is 4.66. The predicted molar refractivity (Wildman–Crippen MR) is 108 cm³/mol. The zero-order chi connectivity index (χ0) is 19.5. The molecule has 1 unspecified atom stereocenters. The highest BCUT2D eigenvalue weighted by Gasteiger charge is 2.18. The molecule has 0 aliphatic rings. The number of aryl methyl sites for hydroxylation is 1. The van der Waals surface area contributed by atoms with E-state index in [1.54, 1.807) is 23.5 Å². The van der Waals surface area contributed by atoms with Crippen molar-refractivity contribution in [3.63, 3.8) is 0 Å². The first kappa shape index (κ1) is 18.1. The quantitative estimate of drug-likeness (QED) is 0.536. The van der Waals surface area contributed by atoms with Gasteiger partial charge in [-0.3, -0.25) is 4.79 Å². The number of amides is 1. The SMILES string of the molecule is Cc1nc(-c2ccc(-c3noc(C(C)NC(=O)c4ccccc4)n3)cc2)cs1. The number of nitrogens with one attached hydrogen (secondary N) is 1. The molecule has 0 saturated carbocycles. The van der Waals surface area contributed by atoms with Crippen LogP contribution < -0.4 is 5.32 Å². The molecule has 4 rings (SSSR count). The minimum Gasteiger partial charge on any atom is -0.341 e. The highest BCUT2D eigenvalue weighted by molar-refractivity contribution is 7.09. The van der Waals surface area contributed by atoms with E-state index in [0.29, 0.717) is 17.3 Å². The van der Waals surface area contributed by atoms with Crippen molar-refractivity contribution in [2.45, 2.75) is 19.9 Å². The molecule has 7 heteroatoms. The Labute approximate surface area is 166 Å². The number of aromatic nitrogens is 3. The minimum atomic E-state index is -0.397. The van der Waals surface area contributed by atoms with Gasteiger partial charge >= 0.3 is 0 Å². The van der Waals surface area contributed by atoms with E-state index in [1.807, 2.05) is 61.7 Å². The molecule has 6 nitrogen and oxygen atoms in total. The third-order valence-electron chi connectivity index (χ3n) is 4.25. The van der Waals surface area contributed by atoms with Crippen molar-refractivity contribution in [3.05, 3.63) is 76.4 Å². The van der Waals surface area contributed by atoms with E-state index >= 15 is 0 Å². The van der Waals surface area contributed by atoms with E-state index in [0.717, 1.165) is 21.8 Å². The van der Waals surface area contributed by atoms with Crippen molar-refractivity contribution < 1.29 is 9.32 Å². The van der Waals surface area contributed by atoms with Crippen molar-refractivity contribution in [3.8, 4) is 22.6 Å². The summed E-state index contributed by atoms with van der Waals surface area (Å²) < 4.78 is 5.35. The summed E-state index contributed by atoms with van der Waals surface area (Å²) in [6, 6.07) is 16.5. The molecule has 1 atom stereocenters. The largest absolute Gasteiger partial charge is 0.341 e. The van der Waals surface area contributed by atoms with Crippen LogP contribution in [-0.4, -0.2) is 21.0 Å². The molecule has 2 aromatic carbocycles. The molecule has 1 amide bonds. The maximum Gasteiger partial charge on any atom is 0.251 e. The van der Waals surface area contributed by atoms with Gasteiger partial charge in [0.25, 0.3) is 5.91 Å². The topological polar surface area (TPSA) is 80.9 Å². The molecule has 0 aliphatic heterocycles. The number of carbonyl (C=O) groups is 1. The fourth-order valence-corrected chi connectivity index (χ4v) is 3.37. The van der Waals surface area contributed by atoms with Crippen molar-refractivity contribution in [2.75, 3.05) is 0 Å². The van der Waals surface area contributed by atoms with Crippen LogP contribution in [-0.2, 0) is 0 Å². The highest BCUT2D eigenvalue weighted by Crippen LogP contribution is 2.25. The Morgan fingerprint density at radius 3 is 2.43 bits per heavy atom. The van der Waals surface area contributed by atoms with Crippen LogP contribution >= 0.6 is 11.3 Å². The number of hydrogen-bond donors (Lipinski definition) is 1. The summed E-state index contributed by atoms with van der Waals surface area (Å²) in [4.78, 5) is 21.2. The molecular weight excluding hydrogens is 372 g/mol. The number of hydrogen-bond acceptors (Lipinski definition) is 6. The molecule has 0 saturated heterocycles. The highest BCUT2D eigenvalue weighted by atomic mass is 32.1. The van der Waals surface area contributed by atoms with Gasteiger partial charge in [0.05, 0.1) is 10.7 Å². The van der Waals surface area contributed by atoms with E-state index in [1.165, 1.54) is 0 Å². The van der Waals surface area contributed by atoms with Gasteiger partial charge in [0, 0.05) is 22.1 Å². The molecule has 0 spiro atoms. The van der Waals surface area contributed by atoms with E-state index in [2.05, 4.69) is 20.4 Å². The summed E-state index contributed by atoms with van der Waals surface area (Å²) >= 11 is 1.62. The van der Waals surface area contributed by atoms with Crippen LogP contribution in [0.4, 0.5) is 0 Å². The van der Waals surface area contributed by atoms with Gasteiger partial charge in [-0.15, -0.1) is 11.3 Å². The van der Waals surface area contributed by atoms with E-state index in [4.69, 9.17) is 4.52 Å². The van der Waals surface area contributed by atoms with Gasteiger partial charge in [0.2, 0.25) is 11.7 Å². The fraction of sp³-hybridized carbons (Fsp3) is 0.143. The van der Waals surface area contributed by atoms with Crippen molar-refractivity contribution in [1.29, 1.82) is 0 Å². The molecule has 4 aromatic rings. The Balaban J connectivity index is 1.47. The van der Waals surface area contributed by atoms with Crippen molar-refractivity contribution >= 4 is 17.2 Å². The first-order valence-electron chi connectivity index (χ1n) is 8.82. The van der Waals surface area contributed by atoms with Gasteiger partial charge in [-0.25, -0.2) is 4.98 Å². The molecule has 2 heterocycles. The van der Waals surface area contributed by atoms with Gasteiger partial charge in [-0.2, -0.15) is 4.98 Å². The molecule has 28 heavy (non-hydrogen) atoms. The number of nitrogens with zero attached hydrogens (tertiary/aromatic N) is 3. The first-order valence-corrected chi connectivity index (χ1v) is 9.70. The van der Waals surface area contributed by atoms with Crippen LogP contribution in [0.15, 0.2) is 64.5 Å². The maximum atomic E-state index is 12.3. The average molecular weight is 390 g/mol. The minimum absolute atomic E-state index is 0.184. The molecular formula is C21H18N4O2S. The summed E-state index contributed by atoms with van der Waals surface area (Å²) in [6.07, 6.45) is 0. The molecule has 0 radical (unpaired) electrons. The maximum absolute atomic E-state index is 12.3. The average Bonchev–Trinajstić information content (AvgIpc) is 3.38. The van der Waals surface area contributed by atoms with Gasteiger partial charge in [-0.1, -0.05) is 47.6 Å². The monoisotopic (exact) mass is 390 g/mol.